The van der Waals surface area contributed by atoms with Crippen LogP contribution in [-0.4, -0.2) is 15.2 Å². The van der Waals surface area contributed by atoms with E-state index in [1.165, 1.54) is 11.1 Å². The molecule has 0 spiro atoms. The van der Waals surface area contributed by atoms with Gasteiger partial charge in [-0.15, -0.1) is 23.2 Å². The molecule has 1 aliphatic carbocycles. The van der Waals surface area contributed by atoms with Crippen molar-refractivity contribution in [2.24, 2.45) is 5.41 Å². The molecule has 1 aromatic carbocycles. The van der Waals surface area contributed by atoms with E-state index in [2.05, 4.69) is 10.3 Å². The normalized spacial score (nSPS) is 22.1. The smallest absolute Gasteiger partial charge is 0.233 e. The summed E-state index contributed by atoms with van der Waals surface area (Å²) in [7, 11) is 0. The van der Waals surface area contributed by atoms with Crippen LogP contribution in [0.5, 0.6) is 0 Å². The van der Waals surface area contributed by atoms with Crippen LogP contribution in [0.3, 0.4) is 0 Å². The molecule has 0 bridgehead atoms. The summed E-state index contributed by atoms with van der Waals surface area (Å²) in [6.45, 7) is 1.78. The Morgan fingerprint density at radius 1 is 1.14 bits per heavy atom. The van der Waals surface area contributed by atoms with Crippen molar-refractivity contribution in [3.63, 3.8) is 0 Å². The van der Waals surface area contributed by atoms with Crippen LogP contribution >= 0.6 is 23.2 Å². The maximum atomic E-state index is 12.2. The summed E-state index contributed by atoms with van der Waals surface area (Å²) < 4.78 is -0.946. The van der Waals surface area contributed by atoms with E-state index < -0.39 is 9.75 Å². The van der Waals surface area contributed by atoms with Gasteiger partial charge < -0.3 is 5.32 Å². The average Bonchev–Trinajstić information content (AvgIpc) is 3.02. The molecule has 0 radical (unpaired) electrons. The molecule has 3 rings (SSSR count). The van der Waals surface area contributed by atoms with Crippen LogP contribution in [0.4, 0.5) is 5.69 Å². The molecule has 3 nitrogen and oxygen atoms in total. The van der Waals surface area contributed by atoms with E-state index in [-0.39, 0.29) is 5.91 Å². The lowest BCUT2D eigenvalue weighted by Crippen LogP contribution is -2.25. The number of pyridine rings is 1. The molecule has 1 unspecified atom stereocenters. The molecule has 1 fully saturated rings. The van der Waals surface area contributed by atoms with Crippen molar-refractivity contribution in [3.8, 4) is 0 Å². The number of carbonyl (C=O) groups is 1. The molecule has 5 heteroatoms. The van der Waals surface area contributed by atoms with Gasteiger partial charge in [0.15, 0.2) is 0 Å². The molecule has 1 N–H and O–H groups in total. The molecule has 22 heavy (non-hydrogen) atoms. The number of halogens is 2. The van der Waals surface area contributed by atoms with E-state index >= 15 is 0 Å². The lowest BCUT2D eigenvalue weighted by Gasteiger charge is -2.13. The van der Waals surface area contributed by atoms with E-state index in [9.17, 15) is 4.79 Å². The maximum absolute atomic E-state index is 12.2. The topological polar surface area (TPSA) is 42.0 Å². The first-order valence-electron chi connectivity index (χ1n) is 7.08. The van der Waals surface area contributed by atoms with Gasteiger partial charge in [-0.2, -0.15) is 0 Å². The fourth-order valence-electron chi connectivity index (χ4n) is 2.36. The third kappa shape index (κ3) is 2.96. The number of hydrogen-bond donors (Lipinski definition) is 1. The lowest BCUT2D eigenvalue weighted by molar-refractivity contribution is -0.120. The molecule has 0 saturated heterocycles. The Bertz CT molecular complexity index is 686. The Morgan fingerprint density at radius 3 is 2.23 bits per heavy atom. The highest BCUT2D eigenvalue weighted by Crippen LogP contribution is 2.64. The van der Waals surface area contributed by atoms with Crippen molar-refractivity contribution < 1.29 is 4.79 Å². The fraction of sp³-hybridized carbons (Fsp3) is 0.294. The summed E-state index contributed by atoms with van der Waals surface area (Å²) >= 11 is 12.0. The number of anilines is 1. The highest BCUT2D eigenvalue weighted by Gasteiger charge is 2.67. The largest absolute Gasteiger partial charge is 0.326 e. The van der Waals surface area contributed by atoms with Crippen LogP contribution in [-0.2, 0) is 11.2 Å². The van der Waals surface area contributed by atoms with Crippen LogP contribution in [0.15, 0.2) is 48.8 Å². The van der Waals surface area contributed by atoms with Crippen molar-refractivity contribution in [3.05, 3.63) is 59.9 Å². The molecule has 1 heterocycles. The van der Waals surface area contributed by atoms with E-state index in [0.717, 1.165) is 12.1 Å². The summed E-state index contributed by atoms with van der Waals surface area (Å²) in [5.41, 5.74) is 2.42. The molecule has 1 saturated carbocycles. The number of benzene rings is 1. The van der Waals surface area contributed by atoms with Gasteiger partial charge >= 0.3 is 0 Å². The van der Waals surface area contributed by atoms with Crippen molar-refractivity contribution >= 4 is 34.8 Å². The molecule has 114 valence electrons. The van der Waals surface area contributed by atoms with Crippen LogP contribution in [0.1, 0.15) is 24.5 Å². The molecule has 1 atom stereocenters. The summed E-state index contributed by atoms with van der Waals surface area (Å²) in [6, 6.07) is 11.8. The summed E-state index contributed by atoms with van der Waals surface area (Å²) in [4.78, 5) is 16.2. The van der Waals surface area contributed by atoms with Gasteiger partial charge in [0.2, 0.25) is 5.91 Å². The second kappa shape index (κ2) is 5.56. The fourth-order valence-corrected chi connectivity index (χ4v) is 3.06. The Labute approximate surface area is 139 Å². The van der Waals surface area contributed by atoms with Crippen LogP contribution in [0, 0.1) is 5.41 Å². The van der Waals surface area contributed by atoms with Gasteiger partial charge in [0.25, 0.3) is 0 Å². The molecular formula is C17H16Cl2N2O. The van der Waals surface area contributed by atoms with E-state index in [1.807, 2.05) is 36.4 Å². The number of rotatable bonds is 4. The van der Waals surface area contributed by atoms with Crippen molar-refractivity contribution in [1.29, 1.82) is 0 Å². The van der Waals surface area contributed by atoms with Crippen molar-refractivity contribution in [2.75, 3.05) is 5.32 Å². The summed E-state index contributed by atoms with van der Waals surface area (Å²) in [6.07, 6.45) is 4.88. The van der Waals surface area contributed by atoms with Crippen LogP contribution < -0.4 is 5.32 Å². The number of aromatic nitrogens is 1. The maximum Gasteiger partial charge on any atom is 0.233 e. The Morgan fingerprint density at radius 2 is 1.68 bits per heavy atom. The third-order valence-electron chi connectivity index (χ3n) is 4.13. The summed E-state index contributed by atoms with van der Waals surface area (Å²) in [5.74, 6) is -0.139. The SMILES string of the molecule is CC1(C(=O)Nc2ccc(Cc3ccncc3)cc2)CC1(Cl)Cl. The van der Waals surface area contributed by atoms with Gasteiger partial charge in [-0.05, 0) is 55.2 Å². The van der Waals surface area contributed by atoms with Gasteiger partial charge in [0, 0.05) is 18.1 Å². The number of alkyl halides is 2. The molecule has 0 aliphatic heterocycles. The molecular weight excluding hydrogens is 319 g/mol. The first-order chi connectivity index (χ1) is 10.4. The Hall–Kier alpha value is -1.58. The van der Waals surface area contributed by atoms with E-state index in [0.29, 0.717) is 6.42 Å². The highest BCUT2D eigenvalue weighted by molar-refractivity contribution is 6.53. The van der Waals surface area contributed by atoms with Gasteiger partial charge in [0.1, 0.15) is 4.33 Å². The number of amides is 1. The molecule has 1 amide bonds. The van der Waals surface area contributed by atoms with E-state index in [4.69, 9.17) is 23.2 Å². The standard InChI is InChI=1S/C17H16Cl2N2O/c1-16(11-17(16,18)19)15(22)21-14-4-2-12(3-5-14)10-13-6-8-20-9-7-13/h2-9H,10-11H2,1H3,(H,21,22). The minimum atomic E-state index is -0.946. The zero-order valence-electron chi connectivity index (χ0n) is 12.1. The number of hydrogen-bond acceptors (Lipinski definition) is 2. The Kier molecular flexibility index (Phi) is 3.87. The first-order valence-corrected chi connectivity index (χ1v) is 7.83. The average molecular weight is 335 g/mol. The predicted molar refractivity (Wildman–Crippen MR) is 89.3 cm³/mol. The second-order valence-corrected chi connectivity index (χ2v) is 7.38. The minimum Gasteiger partial charge on any atom is -0.326 e. The molecule has 1 aliphatic rings. The van der Waals surface area contributed by atoms with Gasteiger partial charge in [-0.25, -0.2) is 0 Å². The number of nitrogens with zero attached hydrogens (tertiary/aromatic N) is 1. The quantitative estimate of drug-likeness (QED) is 0.851. The van der Waals surface area contributed by atoms with Gasteiger partial charge in [-0.3, -0.25) is 9.78 Å². The first kappa shape index (κ1) is 15.3. The van der Waals surface area contributed by atoms with Crippen LogP contribution in [0.2, 0.25) is 0 Å². The Balaban J connectivity index is 1.64. The zero-order chi connectivity index (χ0) is 15.8. The predicted octanol–water partition coefficient (Wildman–Crippen LogP) is 4.19. The van der Waals surface area contributed by atoms with Gasteiger partial charge in [-0.1, -0.05) is 12.1 Å². The van der Waals surface area contributed by atoms with E-state index in [1.54, 1.807) is 19.3 Å². The highest BCUT2D eigenvalue weighted by atomic mass is 35.5. The zero-order valence-corrected chi connectivity index (χ0v) is 13.7. The number of carbonyl (C=O) groups excluding carboxylic acids is 1. The lowest BCUT2D eigenvalue weighted by atomic mass is 10.1. The van der Waals surface area contributed by atoms with Gasteiger partial charge in [0.05, 0.1) is 5.41 Å². The molecule has 2 aromatic rings. The minimum absolute atomic E-state index is 0.139. The van der Waals surface area contributed by atoms with Crippen molar-refractivity contribution in [2.45, 2.75) is 24.1 Å². The summed E-state index contributed by atoms with van der Waals surface area (Å²) in [5, 5.41) is 2.87. The monoisotopic (exact) mass is 334 g/mol. The second-order valence-electron chi connectivity index (χ2n) is 5.90. The number of nitrogens with one attached hydrogen (secondary N) is 1. The third-order valence-corrected chi connectivity index (χ3v) is 5.23. The van der Waals surface area contributed by atoms with Crippen molar-refractivity contribution in [1.82, 2.24) is 4.98 Å². The van der Waals surface area contributed by atoms with Crippen LogP contribution in [0.25, 0.3) is 0 Å². The molecule has 1 aromatic heterocycles.